The number of hydrogen-bond acceptors (Lipinski definition) is 5. The van der Waals surface area contributed by atoms with Crippen LogP contribution >= 0.6 is 0 Å². The summed E-state index contributed by atoms with van der Waals surface area (Å²) in [6.07, 6.45) is 2.12. The maximum absolute atomic E-state index is 11.8. The van der Waals surface area contributed by atoms with Gasteiger partial charge in [0.15, 0.2) is 0 Å². The second-order valence-electron chi connectivity index (χ2n) is 4.58. The average molecular weight is 264 g/mol. The summed E-state index contributed by atoms with van der Waals surface area (Å²) < 4.78 is 10.4. The minimum atomic E-state index is -0.386. The van der Waals surface area contributed by atoms with Crippen molar-refractivity contribution in [2.75, 3.05) is 30.9 Å². The second kappa shape index (κ2) is 6.43. The minimum Gasteiger partial charge on any atom is -0.462 e. The van der Waals surface area contributed by atoms with E-state index in [0.717, 1.165) is 25.1 Å². The van der Waals surface area contributed by atoms with Crippen molar-refractivity contribution < 1.29 is 14.3 Å². The maximum atomic E-state index is 11.8. The Morgan fingerprint density at radius 2 is 2.42 bits per heavy atom. The van der Waals surface area contributed by atoms with Crippen LogP contribution in [0.15, 0.2) is 18.2 Å². The van der Waals surface area contributed by atoms with Crippen molar-refractivity contribution in [3.8, 4) is 0 Å². The predicted molar refractivity (Wildman–Crippen MR) is 74.3 cm³/mol. The molecule has 1 aromatic carbocycles. The molecule has 0 saturated carbocycles. The van der Waals surface area contributed by atoms with Crippen molar-refractivity contribution in [3.05, 3.63) is 23.8 Å². The Morgan fingerprint density at radius 1 is 1.58 bits per heavy atom. The van der Waals surface area contributed by atoms with E-state index in [1.165, 1.54) is 0 Å². The molecular formula is C14H20N2O3. The SMILES string of the molecule is CCOC(=O)c1cc(NC2CCCOC2)ccc1N. The van der Waals surface area contributed by atoms with Gasteiger partial charge in [-0.1, -0.05) is 0 Å². The fraction of sp³-hybridized carbons (Fsp3) is 0.500. The quantitative estimate of drug-likeness (QED) is 0.643. The van der Waals surface area contributed by atoms with Crippen LogP contribution in [-0.2, 0) is 9.47 Å². The van der Waals surface area contributed by atoms with Crippen LogP contribution in [0.1, 0.15) is 30.1 Å². The first-order valence-corrected chi connectivity index (χ1v) is 6.61. The maximum Gasteiger partial charge on any atom is 0.340 e. The first-order chi connectivity index (χ1) is 9.20. The van der Waals surface area contributed by atoms with E-state index in [1.807, 2.05) is 6.07 Å². The lowest BCUT2D eigenvalue weighted by Gasteiger charge is -2.24. The number of hydrogen-bond donors (Lipinski definition) is 2. The highest BCUT2D eigenvalue weighted by atomic mass is 16.5. The monoisotopic (exact) mass is 264 g/mol. The molecule has 0 amide bonds. The van der Waals surface area contributed by atoms with E-state index in [2.05, 4.69) is 5.32 Å². The summed E-state index contributed by atoms with van der Waals surface area (Å²) in [5.74, 6) is -0.386. The molecule has 104 valence electrons. The fourth-order valence-electron chi connectivity index (χ4n) is 2.12. The van der Waals surface area contributed by atoms with E-state index in [4.69, 9.17) is 15.2 Å². The van der Waals surface area contributed by atoms with Crippen LogP contribution in [0.2, 0.25) is 0 Å². The molecule has 5 heteroatoms. The molecule has 1 aliphatic heterocycles. The van der Waals surface area contributed by atoms with Crippen LogP contribution in [0, 0.1) is 0 Å². The van der Waals surface area contributed by atoms with Crippen LogP contribution in [0.3, 0.4) is 0 Å². The predicted octanol–water partition coefficient (Wildman–Crippen LogP) is 2.04. The first kappa shape index (κ1) is 13.7. The lowest BCUT2D eigenvalue weighted by atomic mass is 10.1. The van der Waals surface area contributed by atoms with Crippen molar-refractivity contribution in [1.82, 2.24) is 0 Å². The fourth-order valence-corrected chi connectivity index (χ4v) is 2.12. The van der Waals surface area contributed by atoms with Crippen molar-refractivity contribution in [1.29, 1.82) is 0 Å². The standard InChI is InChI=1S/C14H20N2O3/c1-2-19-14(17)12-8-10(5-6-13(12)15)16-11-4-3-7-18-9-11/h5-6,8,11,16H,2-4,7,9,15H2,1H3. The molecule has 1 aliphatic rings. The molecule has 1 heterocycles. The topological polar surface area (TPSA) is 73.6 Å². The number of nitrogen functional groups attached to an aromatic ring is 1. The van der Waals surface area contributed by atoms with Gasteiger partial charge in [0.1, 0.15) is 0 Å². The molecule has 5 nitrogen and oxygen atoms in total. The van der Waals surface area contributed by atoms with Crippen LogP contribution in [0.4, 0.5) is 11.4 Å². The lowest BCUT2D eigenvalue weighted by molar-refractivity contribution is 0.0527. The molecule has 0 aliphatic carbocycles. The zero-order chi connectivity index (χ0) is 13.7. The number of ether oxygens (including phenoxy) is 2. The molecule has 3 N–H and O–H groups in total. The smallest absolute Gasteiger partial charge is 0.340 e. The van der Waals surface area contributed by atoms with Crippen molar-refractivity contribution in [3.63, 3.8) is 0 Å². The highest BCUT2D eigenvalue weighted by Gasteiger charge is 2.16. The van der Waals surface area contributed by atoms with Gasteiger partial charge < -0.3 is 20.5 Å². The molecule has 19 heavy (non-hydrogen) atoms. The Bertz CT molecular complexity index is 442. The summed E-state index contributed by atoms with van der Waals surface area (Å²) in [5.41, 5.74) is 7.51. The number of carbonyl (C=O) groups is 1. The third kappa shape index (κ3) is 3.61. The van der Waals surface area contributed by atoms with Crippen molar-refractivity contribution in [2.45, 2.75) is 25.8 Å². The number of anilines is 2. The van der Waals surface area contributed by atoms with Gasteiger partial charge in [-0.3, -0.25) is 0 Å². The summed E-state index contributed by atoms with van der Waals surface area (Å²) in [7, 11) is 0. The molecule has 1 aromatic rings. The van der Waals surface area contributed by atoms with E-state index >= 15 is 0 Å². The average Bonchev–Trinajstić information content (AvgIpc) is 2.42. The summed E-state index contributed by atoms with van der Waals surface area (Å²) in [5, 5.41) is 3.36. The molecule has 1 unspecified atom stereocenters. The summed E-state index contributed by atoms with van der Waals surface area (Å²) in [4.78, 5) is 11.8. The molecule has 0 bridgehead atoms. The first-order valence-electron chi connectivity index (χ1n) is 6.61. The Hall–Kier alpha value is -1.75. The Balaban J connectivity index is 2.08. The van der Waals surface area contributed by atoms with Gasteiger partial charge in [-0.25, -0.2) is 4.79 Å². The van der Waals surface area contributed by atoms with Crippen LogP contribution in [0.25, 0.3) is 0 Å². The molecule has 1 saturated heterocycles. The number of nitrogens with one attached hydrogen (secondary N) is 1. The van der Waals surface area contributed by atoms with Gasteiger partial charge in [0.2, 0.25) is 0 Å². The lowest BCUT2D eigenvalue weighted by Crippen LogP contribution is -2.30. The normalized spacial score (nSPS) is 18.9. The zero-order valence-corrected chi connectivity index (χ0v) is 11.1. The number of benzene rings is 1. The molecule has 0 aromatic heterocycles. The molecule has 2 rings (SSSR count). The van der Waals surface area contributed by atoms with Crippen LogP contribution in [0.5, 0.6) is 0 Å². The number of rotatable bonds is 4. The molecule has 1 atom stereocenters. The number of nitrogens with two attached hydrogens (primary N) is 1. The van der Waals surface area contributed by atoms with Gasteiger partial charge >= 0.3 is 5.97 Å². The van der Waals surface area contributed by atoms with Gasteiger partial charge in [0, 0.05) is 24.0 Å². The van der Waals surface area contributed by atoms with E-state index in [-0.39, 0.29) is 12.0 Å². The molecular weight excluding hydrogens is 244 g/mol. The van der Waals surface area contributed by atoms with Gasteiger partial charge in [-0.15, -0.1) is 0 Å². The summed E-state index contributed by atoms with van der Waals surface area (Å²) in [6, 6.07) is 5.61. The Labute approximate surface area is 113 Å². The summed E-state index contributed by atoms with van der Waals surface area (Å²) in [6.45, 7) is 3.63. The van der Waals surface area contributed by atoms with E-state index in [9.17, 15) is 4.79 Å². The van der Waals surface area contributed by atoms with E-state index in [0.29, 0.717) is 24.5 Å². The second-order valence-corrected chi connectivity index (χ2v) is 4.58. The third-order valence-electron chi connectivity index (χ3n) is 3.08. The van der Waals surface area contributed by atoms with E-state index < -0.39 is 0 Å². The van der Waals surface area contributed by atoms with Gasteiger partial charge in [0.25, 0.3) is 0 Å². The van der Waals surface area contributed by atoms with Gasteiger partial charge in [-0.2, -0.15) is 0 Å². The largest absolute Gasteiger partial charge is 0.462 e. The zero-order valence-electron chi connectivity index (χ0n) is 11.1. The van der Waals surface area contributed by atoms with Crippen LogP contribution < -0.4 is 11.1 Å². The minimum absolute atomic E-state index is 0.285. The highest BCUT2D eigenvalue weighted by molar-refractivity contribution is 5.96. The van der Waals surface area contributed by atoms with Crippen LogP contribution in [-0.4, -0.2) is 31.8 Å². The number of esters is 1. The number of carbonyl (C=O) groups excluding carboxylic acids is 1. The Kier molecular flexibility index (Phi) is 4.63. The van der Waals surface area contributed by atoms with Gasteiger partial charge in [0.05, 0.1) is 18.8 Å². The van der Waals surface area contributed by atoms with Crippen molar-refractivity contribution >= 4 is 17.3 Å². The molecule has 0 spiro atoms. The molecule has 0 radical (unpaired) electrons. The highest BCUT2D eigenvalue weighted by Crippen LogP contribution is 2.21. The molecule has 1 fully saturated rings. The third-order valence-corrected chi connectivity index (χ3v) is 3.08. The van der Waals surface area contributed by atoms with Crippen molar-refractivity contribution in [2.24, 2.45) is 0 Å². The van der Waals surface area contributed by atoms with Gasteiger partial charge in [-0.05, 0) is 38.0 Å². The van der Waals surface area contributed by atoms with E-state index in [1.54, 1.807) is 19.1 Å². The summed E-state index contributed by atoms with van der Waals surface area (Å²) >= 11 is 0. The Morgan fingerprint density at radius 3 is 3.11 bits per heavy atom.